The van der Waals surface area contributed by atoms with Crippen molar-refractivity contribution in [2.24, 2.45) is 0 Å². The van der Waals surface area contributed by atoms with E-state index in [-0.39, 0.29) is 17.9 Å². The van der Waals surface area contributed by atoms with E-state index in [4.69, 9.17) is 9.47 Å². The van der Waals surface area contributed by atoms with Crippen molar-refractivity contribution in [1.29, 1.82) is 0 Å². The number of benzene rings is 3. The number of unbranched alkanes of at least 4 members (excludes halogenated alkanes) is 2. The molecule has 3 aromatic rings. The highest BCUT2D eigenvalue weighted by atomic mass is 32.2. The topological polar surface area (TPSA) is 146 Å². The number of sulfone groups is 1. The van der Waals surface area contributed by atoms with E-state index in [0.29, 0.717) is 59.6 Å². The summed E-state index contributed by atoms with van der Waals surface area (Å²) in [7, 11) is -2.07. The molecule has 0 bridgehead atoms. The van der Waals surface area contributed by atoms with Crippen LogP contribution in [-0.4, -0.2) is 124 Å². The van der Waals surface area contributed by atoms with E-state index in [2.05, 4.69) is 38.2 Å². The van der Waals surface area contributed by atoms with Gasteiger partial charge in [0.25, 0.3) is 11.8 Å². The Hall–Kier alpha value is -4.79. The molecule has 13 nitrogen and oxygen atoms in total. The Kier molecular flexibility index (Phi) is 13.4. The second-order valence-electron chi connectivity index (χ2n) is 17.8. The zero-order valence-electron chi connectivity index (χ0n) is 36.4. The summed E-state index contributed by atoms with van der Waals surface area (Å²) in [6.07, 6.45) is 11.6. The summed E-state index contributed by atoms with van der Waals surface area (Å²) in [6.45, 7) is 8.56. The number of likely N-dealkylation sites (tertiary alicyclic amines) is 2. The van der Waals surface area contributed by atoms with Gasteiger partial charge < -0.3 is 24.2 Å². The first-order chi connectivity index (χ1) is 29.9. The monoisotopic (exact) mass is 867 g/mol. The van der Waals surface area contributed by atoms with Gasteiger partial charge in [0.15, 0.2) is 11.5 Å². The predicted molar refractivity (Wildman–Crippen MR) is 238 cm³/mol. The van der Waals surface area contributed by atoms with Crippen LogP contribution < -0.4 is 19.7 Å². The van der Waals surface area contributed by atoms with Crippen LogP contribution in [0.2, 0.25) is 0 Å². The van der Waals surface area contributed by atoms with Crippen molar-refractivity contribution in [2.75, 3.05) is 69.9 Å². The van der Waals surface area contributed by atoms with Crippen molar-refractivity contribution >= 4 is 39.2 Å². The quantitative estimate of drug-likeness (QED) is 0.140. The molecule has 1 N–H and O–H groups in total. The smallest absolute Gasteiger partial charge is 0.262 e. The molecule has 0 radical (unpaired) electrons. The lowest BCUT2D eigenvalue weighted by Crippen LogP contribution is -2.52. The van der Waals surface area contributed by atoms with Crippen LogP contribution in [-0.2, 0) is 32.3 Å². The maximum absolute atomic E-state index is 13.9. The highest BCUT2D eigenvalue weighted by molar-refractivity contribution is 7.90. The van der Waals surface area contributed by atoms with Crippen LogP contribution in [0, 0.1) is 0 Å². The van der Waals surface area contributed by atoms with Gasteiger partial charge in [-0.15, -0.1) is 0 Å². The van der Waals surface area contributed by atoms with Crippen LogP contribution in [0.15, 0.2) is 54.6 Å². The number of imide groups is 2. The number of hydrogen-bond donors (Lipinski definition) is 1. The summed E-state index contributed by atoms with van der Waals surface area (Å²) >= 11 is 0. The fraction of sp³-hybridized carbons (Fsp3) is 0.542. The van der Waals surface area contributed by atoms with Gasteiger partial charge in [-0.25, -0.2) is 8.42 Å². The Morgan fingerprint density at radius 3 is 2.29 bits per heavy atom. The van der Waals surface area contributed by atoms with E-state index < -0.39 is 33.4 Å². The van der Waals surface area contributed by atoms with E-state index in [1.807, 2.05) is 19.1 Å². The zero-order chi connectivity index (χ0) is 43.5. The molecule has 1 unspecified atom stereocenters. The SMILES string of the molecule is CCOc1cc([C@@H](CS(C)(=O)=O)N2C(=O)c3ccc(CCCCCN4CCC(N5CCC(c6ccc7c(c6)N(C6CCC(=O)NC6=O)CC7)CC5)CC4)cc3C2=O)ccc1OC. The maximum Gasteiger partial charge on any atom is 0.262 e. The standard InChI is InChI=1S/C48H61N5O8S/c1-4-61-44-30-36(12-15-43(44)60-2)42(31-62(3,58)59)53-47(56)38-13-9-32(28-39(38)48(53)57)8-6-5-7-22-50-23-20-37(21-24-50)51-25-17-33(18-26-51)35-11-10-34-19-27-52(41(34)29-35)40-14-16-45(54)49-46(40)55/h9-13,15,28-30,33,37,40,42H,4-8,14,16-27,31H2,1-3H3,(H,49,54,55)/t40?,42-/m1/s1. The van der Waals surface area contributed by atoms with Crippen molar-refractivity contribution in [3.63, 3.8) is 0 Å². The minimum absolute atomic E-state index is 0.163. The third-order valence-corrected chi connectivity index (χ3v) is 14.7. The summed E-state index contributed by atoms with van der Waals surface area (Å²) < 4.78 is 36.3. The van der Waals surface area contributed by atoms with Gasteiger partial charge in [-0.05, 0) is 156 Å². The van der Waals surface area contributed by atoms with Crippen LogP contribution >= 0.6 is 0 Å². The maximum atomic E-state index is 13.9. The lowest BCUT2D eigenvalue weighted by atomic mass is 9.87. The minimum atomic E-state index is -3.58. The van der Waals surface area contributed by atoms with Crippen molar-refractivity contribution in [2.45, 2.75) is 102 Å². The van der Waals surface area contributed by atoms with E-state index in [1.54, 1.807) is 24.3 Å². The van der Waals surface area contributed by atoms with Crippen molar-refractivity contribution in [3.8, 4) is 11.5 Å². The molecule has 8 rings (SSSR count). The lowest BCUT2D eigenvalue weighted by Gasteiger charge is -2.42. The number of nitrogens with one attached hydrogen (secondary N) is 1. The van der Waals surface area contributed by atoms with E-state index >= 15 is 0 Å². The Balaban J connectivity index is 0.776. The van der Waals surface area contributed by atoms with Crippen LogP contribution in [0.25, 0.3) is 0 Å². The van der Waals surface area contributed by atoms with E-state index in [1.165, 1.54) is 36.8 Å². The van der Waals surface area contributed by atoms with Gasteiger partial charge in [0.2, 0.25) is 11.8 Å². The first-order valence-corrected chi connectivity index (χ1v) is 24.7. The molecule has 5 aliphatic heterocycles. The van der Waals surface area contributed by atoms with Crippen molar-refractivity contribution in [1.82, 2.24) is 20.0 Å². The Labute approximate surface area is 366 Å². The number of amides is 4. The third-order valence-electron chi connectivity index (χ3n) is 13.8. The summed E-state index contributed by atoms with van der Waals surface area (Å²) in [6, 6.07) is 16.7. The molecule has 5 aliphatic rings. The molecule has 0 aromatic heterocycles. The zero-order valence-corrected chi connectivity index (χ0v) is 37.2. The fourth-order valence-corrected chi connectivity index (χ4v) is 11.4. The normalized spacial score (nSPS) is 21.0. The molecular weight excluding hydrogens is 807 g/mol. The summed E-state index contributed by atoms with van der Waals surface area (Å²) in [5.41, 5.74) is 5.94. The van der Waals surface area contributed by atoms with Crippen LogP contribution in [0.4, 0.5) is 5.69 Å². The molecule has 62 heavy (non-hydrogen) atoms. The Morgan fingerprint density at radius 2 is 1.56 bits per heavy atom. The number of ether oxygens (including phenoxy) is 2. The highest BCUT2D eigenvalue weighted by Gasteiger charge is 2.42. The number of methoxy groups -OCH3 is 1. The average Bonchev–Trinajstić information content (AvgIpc) is 3.79. The van der Waals surface area contributed by atoms with Crippen LogP contribution in [0.1, 0.15) is 120 Å². The summed E-state index contributed by atoms with van der Waals surface area (Å²) in [5, 5.41) is 2.54. The number of carbonyl (C=O) groups is 4. The molecule has 3 saturated heterocycles. The van der Waals surface area contributed by atoms with Crippen molar-refractivity contribution < 1.29 is 37.1 Å². The number of anilines is 1. The molecule has 4 amide bonds. The highest BCUT2D eigenvalue weighted by Crippen LogP contribution is 2.39. The van der Waals surface area contributed by atoms with Gasteiger partial charge >= 0.3 is 0 Å². The molecule has 0 spiro atoms. The fourth-order valence-electron chi connectivity index (χ4n) is 10.4. The largest absolute Gasteiger partial charge is 0.493 e. The van der Waals surface area contributed by atoms with Gasteiger partial charge in [0.1, 0.15) is 15.9 Å². The molecule has 332 valence electrons. The molecule has 3 aromatic carbocycles. The second-order valence-corrected chi connectivity index (χ2v) is 20.0. The first-order valence-electron chi connectivity index (χ1n) is 22.6. The van der Waals surface area contributed by atoms with Gasteiger partial charge in [-0.2, -0.15) is 0 Å². The van der Waals surface area contributed by atoms with Gasteiger partial charge in [-0.1, -0.05) is 30.7 Å². The molecular formula is C48H61N5O8S. The van der Waals surface area contributed by atoms with Crippen LogP contribution in [0.5, 0.6) is 11.5 Å². The molecule has 2 atom stereocenters. The molecule has 0 aliphatic carbocycles. The Bertz CT molecular complexity index is 2280. The van der Waals surface area contributed by atoms with Crippen LogP contribution in [0.3, 0.4) is 0 Å². The number of aryl methyl sites for hydroxylation is 1. The predicted octanol–water partition coefficient (Wildman–Crippen LogP) is 5.70. The Morgan fingerprint density at radius 1 is 0.790 bits per heavy atom. The summed E-state index contributed by atoms with van der Waals surface area (Å²) in [5.74, 6) is -0.309. The lowest BCUT2D eigenvalue weighted by molar-refractivity contribution is -0.134. The number of hydrogen-bond acceptors (Lipinski definition) is 11. The van der Waals surface area contributed by atoms with Gasteiger partial charge in [0, 0.05) is 31.0 Å². The van der Waals surface area contributed by atoms with E-state index in [9.17, 15) is 27.6 Å². The number of piperidine rings is 3. The second kappa shape index (κ2) is 18.9. The first kappa shape index (κ1) is 43.8. The number of rotatable bonds is 16. The average molecular weight is 868 g/mol. The molecule has 0 saturated carbocycles. The number of carbonyl (C=O) groups excluding carboxylic acids is 4. The summed E-state index contributed by atoms with van der Waals surface area (Å²) in [4.78, 5) is 60.6. The van der Waals surface area contributed by atoms with Crippen molar-refractivity contribution in [3.05, 3.63) is 88.0 Å². The molecule has 14 heteroatoms. The molecule has 3 fully saturated rings. The molecule has 5 heterocycles. The van der Waals surface area contributed by atoms with Gasteiger partial charge in [-0.3, -0.25) is 29.4 Å². The van der Waals surface area contributed by atoms with Gasteiger partial charge in [0.05, 0.1) is 36.6 Å². The third kappa shape index (κ3) is 9.57. The van der Waals surface area contributed by atoms with E-state index in [0.717, 1.165) is 101 Å². The number of nitrogens with zero attached hydrogens (tertiary/aromatic N) is 4. The minimum Gasteiger partial charge on any atom is -0.493 e. The number of fused-ring (bicyclic) bond motifs is 2.